The van der Waals surface area contributed by atoms with E-state index in [1.165, 1.54) is 5.56 Å². The fourth-order valence-electron chi connectivity index (χ4n) is 4.34. The molecule has 8 nitrogen and oxygen atoms in total. The minimum Gasteiger partial charge on any atom is -0.360 e. The molecule has 3 amide bonds. The van der Waals surface area contributed by atoms with E-state index in [1.807, 2.05) is 35.2 Å². The molecule has 1 aromatic carbocycles. The number of hydrogen-bond donors (Lipinski definition) is 1. The van der Waals surface area contributed by atoms with Gasteiger partial charge >= 0.3 is 0 Å². The molecule has 1 aromatic heterocycles. The highest BCUT2D eigenvalue weighted by atomic mass is 16.5. The second kappa shape index (κ2) is 9.32. The van der Waals surface area contributed by atoms with Crippen LogP contribution in [0.1, 0.15) is 30.6 Å². The number of anilines is 1. The summed E-state index contributed by atoms with van der Waals surface area (Å²) in [7, 11) is 0. The maximum absolute atomic E-state index is 13.0. The van der Waals surface area contributed by atoms with E-state index in [1.54, 1.807) is 17.9 Å². The van der Waals surface area contributed by atoms with Gasteiger partial charge in [0.15, 0.2) is 5.82 Å². The molecule has 1 N–H and O–H groups in total. The summed E-state index contributed by atoms with van der Waals surface area (Å²) in [5.74, 6) is 0.595. The predicted molar refractivity (Wildman–Crippen MR) is 114 cm³/mol. The van der Waals surface area contributed by atoms with Gasteiger partial charge in [-0.15, -0.1) is 0 Å². The third kappa shape index (κ3) is 5.13. The Bertz CT molecular complexity index is 934. The number of nitrogens with zero attached hydrogens (tertiary/aromatic N) is 3. The number of nitrogens with one attached hydrogen (secondary N) is 1. The molecule has 31 heavy (non-hydrogen) atoms. The number of aromatic nitrogens is 1. The van der Waals surface area contributed by atoms with Crippen LogP contribution in [0.3, 0.4) is 0 Å². The third-order valence-electron chi connectivity index (χ3n) is 6.13. The lowest BCUT2D eigenvalue weighted by Crippen LogP contribution is -2.44. The monoisotopic (exact) mass is 424 g/mol. The topological polar surface area (TPSA) is 95.8 Å². The van der Waals surface area contributed by atoms with Gasteiger partial charge in [-0.05, 0) is 31.7 Å². The van der Waals surface area contributed by atoms with Crippen molar-refractivity contribution in [3.63, 3.8) is 0 Å². The maximum Gasteiger partial charge on any atom is 0.228 e. The first-order valence-electron chi connectivity index (χ1n) is 10.8. The van der Waals surface area contributed by atoms with E-state index >= 15 is 0 Å². The van der Waals surface area contributed by atoms with Gasteiger partial charge in [0.25, 0.3) is 0 Å². The molecule has 2 aliphatic rings. The first kappa shape index (κ1) is 21.1. The van der Waals surface area contributed by atoms with Gasteiger partial charge in [0.2, 0.25) is 17.7 Å². The molecule has 0 radical (unpaired) electrons. The summed E-state index contributed by atoms with van der Waals surface area (Å²) < 4.78 is 4.97. The first-order valence-corrected chi connectivity index (χ1v) is 10.8. The molecule has 2 saturated heterocycles. The normalized spacial score (nSPS) is 19.6. The Hall–Kier alpha value is -3.16. The van der Waals surface area contributed by atoms with E-state index < -0.39 is 0 Å². The Morgan fingerprint density at radius 2 is 1.90 bits per heavy atom. The number of carbonyl (C=O) groups is 3. The maximum atomic E-state index is 13.0. The zero-order valence-corrected chi connectivity index (χ0v) is 17.8. The summed E-state index contributed by atoms with van der Waals surface area (Å²) in [4.78, 5) is 41.4. The Balaban J connectivity index is 1.24. The smallest absolute Gasteiger partial charge is 0.228 e. The summed E-state index contributed by atoms with van der Waals surface area (Å²) in [6, 6.07) is 11.7. The zero-order chi connectivity index (χ0) is 21.8. The van der Waals surface area contributed by atoms with Gasteiger partial charge in [-0.1, -0.05) is 35.5 Å². The van der Waals surface area contributed by atoms with Gasteiger partial charge in [0.05, 0.1) is 5.92 Å². The van der Waals surface area contributed by atoms with Crippen LogP contribution >= 0.6 is 0 Å². The lowest BCUT2D eigenvalue weighted by atomic mass is 9.94. The van der Waals surface area contributed by atoms with Crippen LogP contribution in [0.25, 0.3) is 0 Å². The summed E-state index contributed by atoms with van der Waals surface area (Å²) in [6.07, 6.45) is 2.28. The Kier molecular flexibility index (Phi) is 6.34. The molecular weight excluding hydrogens is 396 g/mol. The molecule has 1 atom stereocenters. The number of rotatable bonds is 6. The summed E-state index contributed by atoms with van der Waals surface area (Å²) in [6.45, 7) is 3.95. The third-order valence-corrected chi connectivity index (χ3v) is 6.13. The number of likely N-dealkylation sites (tertiary alicyclic amines) is 2. The highest BCUT2D eigenvalue weighted by Crippen LogP contribution is 2.25. The fraction of sp³-hybridized carbons (Fsp3) is 0.478. The molecule has 3 heterocycles. The molecule has 4 rings (SSSR count). The molecule has 2 aliphatic heterocycles. The number of hydrogen-bond acceptors (Lipinski definition) is 5. The van der Waals surface area contributed by atoms with Crippen molar-refractivity contribution in [1.29, 1.82) is 0 Å². The number of piperidine rings is 1. The van der Waals surface area contributed by atoms with E-state index in [0.29, 0.717) is 50.6 Å². The first-order chi connectivity index (χ1) is 15.0. The van der Waals surface area contributed by atoms with Gasteiger partial charge < -0.3 is 19.6 Å². The summed E-state index contributed by atoms with van der Waals surface area (Å²) >= 11 is 0. The van der Waals surface area contributed by atoms with E-state index in [2.05, 4.69) is 10.5 Å². The van der Waals surface area contributed by atoms with Crippen LogP contribution in [-0.4, -0.2) is 58.9 Å². The van der Waals surface area contributed by atoms with E-state index in [0.717, 1.165) is 6.42 Å². The van der Waals surface area contributed by atoms with Crippen molar-refractivity contribution in [2.45, 2.75) is 32.6 Å². The molecule has 0 bridgehead atoms. The predicted octanol–water partition coefficient (Wildman–Crippen LogP) is 2.25. The highest BCUT2D eigenvalue weighted by Gasteiger charge is 2.38. The van der Waals surface area contributed by atoms with Crippen LogP contribution in [0, 0.1) is 18.8 Å². The minimum atomic E-state index is -0.285. The second-order valence-corrected chi connectivity index (χ2v) is 8.39. The van der Waals surface area contributed by atoms with Crippen LogP contribution in [0.4, 0.5) is 5.82 Å². The number of amides is 3. The van der Waals surface area contributed by atoms with Gasteiger partial charge in [-0.25, -0.2) is 0 Å². The van der Waals surface area contributed by atoms with E-state index in [9.17, 15) is 14.4 Å². The van der Waals surface area contributed by atoms with Crippen molar-refractivity contribution < 1.29 is 18.9 Å². The average molecular weight is 425 g/mol. The Morgan fingerprint density at radius 1 is 1.16 bits per heavy atom. The highest BCUT2D eigenvalue weighted by molar-refractivity contribution is 5.92. The molecule has 0 aliphatic carbocycles. The summed E-state index contributed by atoms with van der Waals surface area (Å²) in [5, 5.41) is 6.56. The largest absolute Gasteiger partial charge is 0.360 e. The van der Waals surface area contributed by atoms with Crippen LogP contribution in [-0.2, 0) is 20.8 Å². The Labute approximate surface area is 181 Å². The molecular formula is C23H28N4O4. The molecule has 0 saturated carbocycles. The van der Waals surface area contributed by atoms with E-state index in [-0.39, 0.29) is 36.0 Å². The zero-order valence-electron chi connectivity index (χ0n) is 17.8. The standard InChI is InChI=1S/C23H28N4O4/c1-16-13-20(25-31-16)24-22(29)18-8-11-26(12-9-18)23(30)19-14-21(28)27(15-19)10-7-17-5-3-2-4-6-17/h2-6,13,18-19H,7-12,14-15H2,1H3,(H,24,25,29). The lowest BCUT2D eigenvalue weighted by molar-refractivity contribution is -0.138. The SMILES string of the molecule is Cc1cc(NC(=O)C2CCN(C(=O)C3CC(=O)N(CCc4ccccc4)C3)CC2)no1. The molecule has 2 aromatic rings. The number of aryl methyl sites for hydroxylation is 1. The van der Waals surface area contributed by atoms with Crippen molar-refractivity contribution in [3.8, 4) is 0 Å². The van der Waals surface area contributed by atoms with E-state index in [4.69, 9.17) is 4.52 Å². The van der Waals surface area contributed by atoms with Crippen molar-refractivity contribution in [2.75, 3.05) is 31.5 Å². The summed E-state index contributed by atoms with van der Waals surface area (Å²) in [5.41, 5.74) is 1.19. The molecule has 164 valence electrons. The van der Waals surface area contributed by atoms with Gasteiger partial charge in [0.1, 0.15) is 5.76 Å². The van der Waals surface area contributed by atoms with Crippen LogP contribution in [0.5, 0.6) is 0 Å². The second-order valence-electron chi connectivity index (χ2n) is 8.39. The molecule has 8 heteroatoms. The molecule has 2 fully saturated rings. The molecule has 0 spiro atoms. The minimum absolute atomic E-state index is 0.0292. The number of carbonyl (C=O) groups excluding carboxylic acids is 3. The van der Waals surface area contributed by atoms with Crippen molar-refractivity contribution in [2.24, 2.45) is 11.8 Å². The quantitative estimate of drug-likeness (QED) is 0.767. The van der Waals surface area contributed by atoms with Gasteiger partial charge in [-0.2, -0.15) is 0 Å². The van der Waals surface area contributed by atoms with Gasteiger partial charge in [0, 0.05) is 44.6 Å². The van der Waals surface area contributed by atoms with Crippen LogP contribution < -0.4 is 5.32 Å². The van der Waals surface area contributed by atoms with Crippen LogP contribution in [0.2, 0.25) is 0 Å². The average Bonchev–Trinajstić information content (AvgIpc) is 3.37. The van der Waals surface area contributed by atoms with Crippen LogP contribution in [0.15, 0.2) is 40.9 Å². The lowest BCUT2D eigenvalue weighted by Gasteiger charge is -2.32. The number of benzene rings is 1. The van der Waals surface area contributed by atoms with Crippen molar-refractivity contribution >= 4 is 23.5 Å². The van der Waals surface area contributed by atoms with Crippen molar-refractivity contribution in [1.82, 2.24) is 15.0 Å². The Morgan fingerprint density at radius 3 is 2.58 bits per heavy atom. The molecule has 1 unspecified atom stereocenters. The fourth-order valence-corrected chi connectivity index (χ4v) is 4.34. The van der Waals surface area contributed by atoms with Gasteiger partial charge in [-0.3, -0.25) is 14.4 Å². The van der Waals surface area contributed by atoms with Crippen molar-refractivity contribution in [3.05, 3.63) is 47.7 Å².